The van der Waals surface area contributed by atoms with Crippen LogP contribution in [0.15, 0.2) is 66.7 Å². The van der Waals surface area contributed by atoms with Crippen LogP contribution in [0.5, 0.6) is 11.5 Å². The van der Waals surface area contributed by atoms with Gasteiger partial charge in [-0.3, -0.25) is 4.79 Å². The minimum absolute atomic E-state index is 0.0327. The molecule has 4 rings (SSSR count). The molecule has 1 amide bonds. The first kappa shape index (κ1) is 20.3. The number of anilines is 1. The molecule has 0 saturated carbocycles. The van der Waals surface area contributed by atoms with Crippen molar-refractivity contribution in [2.75, 3.05) is 18.1 Å². The van der Waals surface area contributed by atoms with Gasteiger partial charge in [0.15, 0.2) is 11.5 Å². The van der Waals surface area contributed by atoms with E-state index < -0.39 is 0 Å². The van der Waals surface area contributed by atoms with E-state index in [2.05, 4.69) is 0 Å². The number of benzene rings is 3. The van der Waals surface area contributed by atoms with E-state index in [4.69, 9.17) is 21.1 Å². The Morgan fingerprint density at radius 3 is 2.30 bits per heavy atom. The highest BCUT2D eigenvalue weighted by molar-refractivity contribution is 6.30. The number of halogens is 1. The molecule has 0 aliphatic carbocycles. The Balaban J connectivity index is 1.93. The first-order valence-corrected chi connectivity index (χ1v) is 10.5. The van der Waals surface area contributed by atoms with Gasteiger partial charge in [-0.2, -0.15) is 0 Å². The Morgan fingerprint density at radius 1 is 0.933 bits per heavy atom. The van der Waals surface area contributed by atoms with Gasteiger partial charge in [0.05, 0.1) is 25.7 Å². The van der Waals surface area contributed by atoms with Crippen LogP contribution in [0.4, 0.5) is 5.69 Å². The van der Waals surface area contributed by atoms with Crippen LogP contribution in [0.1, 0.15) is 36.6 Å². The van der Waals surface area contributed by atoms with Crippen LogP contribution in [0.3, 0.4) is 0 Å². The van der Waals surface area contributed by atoms with Gasteiger partial charge in [0.2, 0.25) is 5.91 Å². The summed E-state index contributed by atoms with van der Waals surface area (Å²) in [6.45, 7) is 4.94. The molecular weight excluding hydrogens is 398 g/mol. The molecule has 3 aromatic rings. The Hall–Kier alpha value is -2.98. The second-order valence-corrected chi connectivity index (χ2v) is 7.53. The van der Waals surface area contributed by atoms with Gasteiger partial charge < -0.3 is 14.4 Å². The molecule has 0 bridgehead atoms. The molecule has 0 aromatic heterocycles. The summed E-state index contributed by atoms with van der Waals surface area (Å²) in [5.41, 5.74) is 3.77. The predicted molar refractivity (Wildman–Crippen MR) is 120 cm³/mol. The monoisotopic (exact) mass is 421 g/mol. The highest BCUT2D eigenvalue weighted by Gasteiger charge is 2.36. The zero-order valence-corrected chi connectivity index (χ0v) is 17.9. The summed E-state index contributed by atoms with van der Waals surface area (Å²) in [6, 6.07) is 21.1. The highest BCUT2D eigenvalue weighted by atomic mass is 35.5. The first-order chi connectivity index (χ1) is 14.6. The summed E-state index contributed by atoms with van der Waals surface area (Å²) in [5, 5.41) is 0.635. The molecule has 30 heavy (non-hydrogen) atoms. The third-order valence-electron chi connectivity index (χ3n) is 5.17. The molecular formula is C25H24ClNO3. The summed E-state index contributed by atoms with van der Waals surface area (Å²) in [7, 11) is 0. The molecule has 0 N–H and O–H groups in total. The fraction of sp³-hybridized carbons (Fsp3) is 0.240. The van der Waals surface area contributed by atoms with Crippen molar-refractivity contribution >= 4 is 23.2 Å². The van der Waals surface area contributed by atoms with Gasteiger partial charge in [-0.05, 0) is 66.9 Å². The van der Waals surface area contributed by atoms with Crippen molar-refractivity contribution < 1.29 is 14.3 Å². The Bertz CT molecular complexity index is 1050. The van der Waals surface area contributed by atoms with E-state index in [0.29, 0.717) is 36.2 Å². The van der Waals surface area contributed by atoms with E-state index in [9.17, 15) is 4.79 Å². The standard InChI is InChI=1S/C25H24ClNO3/c1-3-29-22-14-18-15-24(28)27(20-11-6-5-7-12-20)25(17-9-8-10-19(26)13-17)21(18)16-23(22)30-4-2/h5-14,16,25H,3-4,15H2,1-2H3/t25-/m0/s1. The summed E-state index contributed by atoms with van der Waals surface area (Å²) in [6.07, 6.45) is 0.299. The van der Waals surface area contributed by atoms with Gasteiger partial charge in [0, 0.05) is 10.7 Å². The summed E-state index contributed by atoms with van der Waals surface area (Å²) < 4.78 is 11.7. The minimum Gasteiger partial charge on any atom is -0.490 e. The van der Waals surface area contributed by atoms with Crippen LogP contribution in [-0.4, -0.2) is 19.1 Å². The van der Waals surface area contributed by atoms with Crippen molar-refractivity contribution in [1.82, 2.24) is 0 Å². The maximum Gasteiger partial charge on any atom is 0.232 e. The quantitative estimate of drug-likeness (QED) is 0.503. The number of carbonyl (C=O) groups excluding carboxylic acids is 1. The zero-order chi connectivity index (χ0) is 21.1. The van der Waals surface area contributed by atoms with E-state index in [1.54, 1.807) is 0 Å². The van der Waals surface area contributed by atoms with Crippen LogP contribution in [0.25, 0.3) is 0 Å². The van der Waals surface area contributed by atoms with Crippen LogP contribution < -0.4 is 14.4 Å². The molecule has 3 aromatic carbocycles. The van der Waals surface area contributed by atoms with Gasteiger partial charge in [0.25, 0.3) is 0 Å². The molecule has 1 heterocycles. The van der Waals surface area contributed by atoms with Crippen LogP contribution in [-0.2, 0) is 11.2 Å². The summed E-state index contributed by atoms with van der Waals surface area (Å²) in [5.74, 6) is 1.39. The van der Waals surface area contributed by atoms with E-state index >= 15 is 0 Å². The molecule has 1 atom stereocenters. The predicted octanol–water partition coefficient (Wildman–Crippen LogP) is 5.82. The van der Waals surface area contributed by atoms with Crippen molar-refractivity contribution in [3.8, 4) is 11.5 Å². The van der Waals surface area contributed by atoms with Crippen molar-refractivity contribution in [2.24, 2.45) is 0 Å². The highest BCUT2D eigenvalue weighted by Crippen LogP contribution is 2.43. The van der Waals surface area contributed by atoms with Crippen LogP contribution in [0.2, 0.25) is 5.02 Å². The lowest BCUT2D eigenvalue weighted by molar-refractivity contribution is -0.118. The van der Waals surface area contributed by atoms with Crippen LogP contribution >= 0.6 is 11.6 Å². The number of amides is 1. The van der Waals surface area contributed by atoms with Crippen molar-refractivity contribution in [3.05, 3.63) is 88.4 Å². The molecule has 0 saturated heterocycles. The zero-order valence-electron chi connectivity index (χ0n) is 17.1. The first-order valence-electron chi connectivity index (χ1n) is 10.2. The SMILES string of the molecule is CCOc1cc2c(cc1OCC)[C@H](c1cccc(Cl)c1)N(c1ccccc1)C(=O)C2. The van der Waals surface area contributed by atoms with E-state index in [1.165, 1.54) is 0 Å². The number of fused-ring (bicyclic) bond motifs is 1. The van der Waals surface area contributed by atoms with Gasteiger partial charge >= 0.3 is 0 Å². The normalized spacial score (nSPS) is 15.6. The molecule has 4 nitrogen and oxygen atoms in total. The molecule has 0 spiro atoms. The number of hydrogen-bond donors (Lipinski definition) is 0. The minimum atomic E-state index is -0.308. The molecule has 0 radical (unpaired) electrons. The Morgan fingerprint density at radius 2 is 1.63 bits per heavy atom. The topological polar surface area (TPSA) is 38.8 Å². The Kier molecular flexibility index (Phi) is 5.96. The van der Waals surface area contributed by atoms with Crippen LogP contribution in [0, 0.1) is 0 Å². The lowest BCUT2D eigenvalue weighted by Crippen LogP contribution is -2.41. The summed E-state index contributed by atoms with van der Waals surface area (Å²) in [4.78, 5) is 15.2. The molecule has 0 fully saturated rings. The second kappa shape index (κ2) is 8.80. The maximum absolute atomic E-state index is 13.3. The summed E-state index contributed by atoms with van der Waals surface area (Å²) >= 11 is 6.32. The van der Waals surface area contributed by atoms with Crippen molar-refractivity contribution in [2.45, 2.75) is 26.3 Å². The number of carbonyl (C=O) groups is 1. The molecule has 1 aliphatic heterocycles. The fourth-order valence-corrected chi connectivity index (χ4v) is 4.18. The lowest BCUT2D eigenvalue weighted by atomic mass is 9.87. The lowest BCUT2D eigenvalue weighted by Gasteiger charge is -2.38. The maximum atomic E-state index is 13.3. The van der Waals surface area contributed by atoms with Gasteiger partial charge in [-0.1, -0.05) is 41.9 Å². The number of ether oxygens (including phenoxy) is 2. The average molecular weight is 422 g/mol. The number of para-hydroxylation sites is 1. The molecule has 154 valence electrons. The van der Waals surface area contributed by atoms with E-state index in [0.717, 1.165) is 22.4 Å². The van der Waals surface area contributed by atoms with Gasteiger partial charge in [-0.25, -0.2) is 0 Å². The number of nitrogens with zero attached hydrogens (tertiary/aromatic N) is 1. The van der Waals surface area contributed by atoms with Crippen molar-refractivity contribution in [1.29, 1.82) is 0 Å². The van der Waals surface area contributed by atoms with Crippen molar-refractivity contribution in [3.63, 3.8) is 0 Å². The molecule has 5 heteroatoms. The van der Waals surface area contributed by atoms with E-state index in [-0.39, 0.29) is 11.9 Å². The molecule has 0 unspecified atom stereocenters. The van der Waals surface area contributed by atoms with Gasteiger partial charge in [-0.15, -0.1) is 0 Å². The second-order valence-electron chi connectivity index (χ2n) is 7.10. The van der Waals surface area contributed by atoms with E-state index in [1.807, 2.05) is 85.5 Å². The van der Waals surface area contributed by atoms with Gasteiger partial charge in [0.1, 0.15) is 0 Å². The Labute approximate surface area is 182 Å². The third kappa shape index (κ3) is 3.88. The third-order valence-corrected chi connectivity index (χ3v) is 5.40. The largest absolute Gasteiger partial charge is 0.490 e. The smallest absolute Gasteiger partial charge is 0.232 e. The average Bonchev–Trinajstić information content (AvgIpc) is 2.74. The fourth-order valence-electron chi connectivity index (χ4n) is 3.98. The molecule has 1 aliphatic rings. The number of rotatable bonds is 6. The number of hydrogen-bond acceptors (Lipinski definition) is 3.